The molecule has 17 heteroatoms. The monoisotopic (exact) mass is 1010 g/mol. The summed E-state index contributed by atoms with van der Waals surface area (Å²) in [5, 5.41) is 28.3. The number of aliphatic carboxylic acids is 1. The fraction of sp³-hybridized carbons (Fsp3) is 0.415. The molecule has 372 valence electrons. The summed E-state index contributed by atoms with van der Waals surface area (Å²) in [7, 11) is 2.56. The Morgan fingerprint density at radius 1 is 1.03 bits per heavy atom. The third-order valence-corrected chi connectivity index (χ3v) is 16.6. The molecule has 0 aliphatic carbocycles. The summed E-state index contributed by atoms with van der Waals surface area (Å²) in [6.45, 7) is 9.03. The van der Waals surface area contributed by atoms with E-state index in [0.29, 0.717) is 35.5 Å². The van der Waals surface area contributed by atoms with Crippen molar-refractivity contribution in [2.24, 2.45) is 0 Å². The number of thiophene rings is 1. The van der Waals surface area contributed by atoms with Gasteiger partial charge in [0.15, 0.2) is 18.6 Å². The number of fused-ring (bicyclic) bond motifs is 1. The number of carboxylic acid groups (broad SMARTS) is 1. The first kappa shape index (κ1) is 52.3. The second-order valence-corrected chi connectivity index (χ2v) is 20.9. The van der Waals surface area contributed by atoms with Gasteiger partial charge in [-0.2, -0.15) is 0 Å². The van der Waals surface area contributed by atoms with Gasteiger partial charge >= 0.3 is 5.97 Å². The Morgan fingerprint density at radius 2 is 1.79 bits per heavy atom. The summed E-state index contributed by atoms with van der Waals surface area (Å²) in [6, 6.07) is 25.0. The zero-order chi connectivity index (χ0) is 50.1. The van der Waals surface area contributed by atoms with E-state index in [2.05, 4.69) is 75.4 Å². The van der Waals surface area contributed by atoms with Crippen LogP contribution in [0.15, 0.2) is 72.8 Å². The Bertz CT molecular complexity index is 2690. The van der Waals surface area contributed by atoms with E-state index in [-0.39, 0.29) is 39.3 Å². The van der Waals surface area contributed by atoms with Crippen molar-refractivity contribution < 1.29 is 38.9 Å². The predicted molar refractivity (Wildman–Crippen MR) is 282 cm³/mol. The van der Waals surface area contributed by atoms with Gasteiger partial charge in [-0.15, -0.1) is 11.3 Å². The number of nitrogens with zero attached hydrogens (tertiary/aromatic N) is 3. The van der Waals surface area contributed by atoms with Crippen LogP contribution in [-0.4, -0.2) is 114 Å². The number of hydrogen-bond acceptors (Lipinski definition) is 13. The number of halogens is 1. The standard InChI is InChI=1S/C50H54ClN5O6S2.C2H5NO.CH4O/c1-4-7-36(26-57)56-41-15-14-37(38-10-6-11-39(45(38)41)49(56)61)31-16-19-54(20-17-31)43-24-32-13-12-30(22-40(32)53-43)29-63-55-21-18-35(25-50(55,2)3)52-34-9-5-8-33(23-34)48-46(51)47(42(27-58)64-48)62-28-44(59)60;1-3-2-4;1-2/h5-6,8-15,22-23,26-27,31,35-36,43,52-53H,4,7,16-21,24-25,28-29H2,1-3H3,(H,59,60);2H,1H3,(H,3,4);2H,1H3. The molecule has 1 aromatic heterocycles. The SMILES string of the molecule is CCCC(C=O)N1C(=O)c2cccc3c(C4CCN(C5Cc6ccc(CSN7CCC(Nc8cccc(-c9sc(C=O)c(OCC(=O)O)c9Cl)c8)CC7(C)C)cc6N5)CC4)ccc1c23.CNC=O.CO. The number of likely N-dealkylation sites (tertiary alicyclic amines) is 1. The molecule has 70 heavy (non-hydrogen) atoms. The predicted octanol–water partition coefficient (Wildman–Crippen LogP) is 9.47. The number of benzene rings is 4. The Kier molecular flexibility index (Phi) is 17.7. The van der Waals surface area contributed by atoms with Crippen molar-refractivity contribution in [2.75, 3.05) is 55.9 Å². The zero-order valence-electron chi connectivity index (χ0n) is 40.3. The minimum absolute atomic E-state index is 0.0463. The van der Waals surface area contributed by atoms with Crippen molar-refractivity contribution in [3.05, 3.63) is 105 Å². The van der Waals surface area contributed by atoms with E-state index < -0.39 is 18.6 Å². The molecule has 3 atom stereocenters. The summed E-state index contributed by atoms with van der Waals surface area (Å²) in [6.07, 6.45) is 8.99. The number of rotatable bonds is 17. The first-order valence-electron chi connectivity index (χ1n) is 23.8. The lowest BCUT2D eigenvalue weighted by molar-refractivity contribution is -0.139. The van der Waals surface area contributed by atoms with Crippen LogP contribution in [-0.2, 0) is 26.6 Å². The molecule has 3 unspecified atom stereocenters. The Hall–Kier alpha value is -5.49. The van der Waals surface area contributed by atoms with E-state index in [1.165, 1.54) is 33.7 Å². The van der Waals surface area contributed by atoms with Gasteiger partial charge in [0.2, 0.25) is 6.41 Å². The van der Waals surface area contributed by atoms with Crippen molar-refractivity contribution in [3.8, 4) is 16.2 Å². The number of hydrogen-bond donors (Lipinski definition) is 5. The molecule has 2 fully saturated rings. The highest BCUT2D eigenvalue weighted by molar-refractivity contribution is 7.96. The average Bonchev–Trinajstić information content (AvgIpc) is 4.04. The third kappa shape index (κ3) is 11.3. The number of carbonyl (C=O) groups is 5. The van der Waals surface area contributed by atoms with Gasteiger partial charge in [0, 0.05) is 79.9 Å². The highest BCUT2D eigenvalue weighted by atomic mass is 35.5. The van der Waals surface area contributed by atoms with Gasteiger partial charge in [-0.25, -0.2) is 9.10 Å². The summed E-state index contributed by atoms with van der Waals surface area (Å²) in [5.74, 6) is 0.203. The van der Waals surface area contributed by atoms with Crippen LogP contribution in [0.25, 0.3) is 21.2 Å². The highest BCUT2D eigenvalue weighted by Gasteiger charge is 2.38. The van der Waals surface area contributed by atoms with Crippen LogP contribution >= 0.6 is 34.9 Å². The average molecular weight is 1010 g/mol. The smallest absolute Gasteiger partial charge is 0.341 e. The number of aldehydes is 2. The fourth-order valence-electron chi connectivity index (χ4n) is 10.3. The maximum atomic E-state index is 13.6. The van der Waals surface area contributed by atoms with E-state index in [4.69, 9.17) is 31.3 Å². The maximum absolute atomic E-state index is 13.6. The van der Waals surface area contributed by atoms with Crippen molar-refractivity contribution in [1.82, 2.24) is 14.5 Å². The van der Waals surface area contributed by atoms with Gasteiger partial charge in [0.1, 0.15) is 16.2 Å². The van der Waals surface area contributed by atoms with Crippen LogP contribution in [0, 0.1) is 0 Å². The molecule has 14 nitrogen and oxygen atoms in total. The number of piperidine rings is 2. The van der Waals surface area contributed by atoms with E-state index in [1.807, 2.05) is 55.3 Å². The van der Waals surface area contributed by atoms with Crippen LogP contribution in [0.5, 0.6) is 5.75 Å². The molecule has 5 N–H and O–H groups in total. The quantitative estimate of drug-likeness (QED) is 0.0440. The van der Waals surface area contributed by atoms with Crippen molar-refractivity contribution in [2.45, 2.75) is 101 Å². The molecule has 9 rings (SSSR count). The third-order valence-electron chi connectivity index (χ3n) is 13.5. The lowest BCUT2D eigenvalue weighted by Gasteiger charge is -2.45. The van der Waals surface area contributed by atoms with E-state index in [9.17, 15) is 19.2 Å². The topological polar surface area (TPSA) is 181 Å². The molecular weight excluding hydrogens is 948 g/mol. The van der Waals surface area contributed by atoms with Crippen LogP contribution < -0.4 is 25.6 Å². The molecule has 4 aromatic carbocycles. The summed E-state index contributed by atoms with van der Waals surface area (Å²) < 4.78 is 7.89. The molecule has 5 heterocycles. The minimum Gasteiger partial charge on any atom is -0.479 e. The summed E-state index contributed by atoms with van der Waals surface area (Å²) in [4.78, 5) is 62.7. The molecule has 0 radical (unpaired) electrons. The maximum Gasteiger partial charge on any atom is 0.341 e. The molecule has 0 spiro atoms. The van der Waals surface area contributed by atoms with Crippen molar-refractivity contribution >= 4 is 93.6 Å². The number of ether oxygens (including phenoxy) is 1. The number of anilines is 3. The Morgan fingerprint density at radius 3 is 2.47 bits per heavy atom. The summed E-state index contributed by atoms with van der Waals surface area (Å²) in [5.41, 5.74) is 8.55. The van der Waals surface area contributed by atoms with Crippen molar-refractivity contribution in [3.63, 3.8) is 0 Å². The lowest BCUT2D eigenvalue weighted by Crippen LogP contribution is -2.49. The number of aliphatic hydroxyl groups excluding tert-OH is 1. The molecule has 4 aliphatic rings. The van der Waals surface area contributed by atoms with Crippen molar-refractivity contribution in [1.29, 1.82) is 0 Å². The van der Waals surface area contributed by atoms with E-state index >= 15 is 0 Å². The van der Waals surface area contributed by atoms with Gasteiger partial charge in [0.25, 0.3) is 5.91 Å². The normalized spacial score (nSPS) is 18.9. The van der Waals surface area contributed by atoms with Crippen LogP contribution in [0.3, 0.4) is 0 Å². The zero-order valence-corrected chi connectivity index (χ0v) is 42.7. The Labute approximate surface area is 423 Å². The fourth-order valence-corrected chi connectivity index (χ4v) is 12.8. The highest BCUT2D eigenvalue weighted by Crippen LogP contribution is 2.47. The van der Waals surface area contributed by atoms with Gasteiger partial charge in [-0.3, -0.25) is 24.2 Å². The second kappa shape index (κ2) is 23.6. The first-order valence-corrected chi connectivity index (χ1v) is 25.9. The van der Waals surface area contributed by atoms with E-state index in [0.717, 1.165) is 105 Å². The largest absolute Gasteiger partial charge is 0.479 e. The minimum atomic E-state index is -1.14. The van der Waals surface area contributed by atoms with Crippen LogP contribution in [0.2, 0.25) is 5.02 Å². The van der Waals surface area contributed by atoms with Crippen LogP contribution in [0.4, 0.5) is 17.1 Å². The number of nitrogens with one attached hydrogen (secondary N) is 3. The molecular formula is C53H63ClN6O8S2. The van der Waals surface area contributed by atoms with Gasteiger partial charge in [0.05, 0.1) is 22.8 Å². The van der Waals surface area contributed by atoms with Crippen LogP contribution in [0.1, 0.15) is 102 Å². The number of carboxylic acids is 1. The van der Waals surface area contributed by atoms with Gasteiger partial charge in [-0.05, 0) is 110 Å². The first-order chi connectivity index (χ1) is 33.9. The Balaban J connectivity index is 0.00000115. The molecule has 0 bridgehead atoms. The summed E-state index contributed by atoms with van der Waals surface area (Å²) >= 11 is 9.71. The molecule has 2 amide bonds. The lowest BCUT2D eigenvalue weighted by atomic mass is 9.85. The van der Waals surface area contributed by atoms with Gasteiger partial charge < -0.3 is 35.7 Å². The number of amides is 2. The molecule has 5 aromatic rings. The van der Waals surface area contributed by atoms with E-state index in [1.54, 1.807) is 11.9 Å². The number of carbonyl (C=O) groups excluding carboxylic acids is 4. The number of aliphatic hydroxyl groups is 1. The molecule has 4 aliphatic heterocycles. The molecule has 2 saturated heterocycles. The van der Waals surface area contributed by atoms with Gasteiger partial charge in [-0.1, -0.05) is 79.4 Å². The second-order valence-electron chi connectivity index (χ2n) is 18.5. The molecule has 0 saturated carbocycles.